The van der Waals surface area contributed by atoms with Crippen molar-refractivity contribution in [2.24, 2.45) is 18.7 Å². The van der Waals surface area contributed by atoms with Crippen molar-refractivity contribution in [1.29, 1.82) is 0 Å². The fourth-order valence-corrected chi connectivity index (χ4v) is 8.90. The number of primary amides is 1. The van der Waals surface area contributed by atoms with Gasteiger partial charge in [0.05, 0.1) is 23.4 Å². The summed E-state index contributed by atoms with van der Waals surface area (Å²) in [6.07, 6.45) is 7.37. The van der Waals surface area contributed by atoms with Gasteiger partial charge in [-0.3, -0.25) is 24.0 Å². The third-order valence-corrected chi connectivity index (χ3v) is 11.5. The second-order valence-corrected chi connectivity index (χ2v) is 15.8. The zero-order chi connectivity index (χ0) is 36.5. The Morgan fingerprint density at radius 1 is 1.10 bits per heavy atom. The molecular formula is C34H46N10O6S. The van der Waals surface area contributed by atoms with Crippen LogP contribution < -0.4 is 16.4 Å². The van der Waals surface area contributed by atoms with Gasteiger partial charge >= 0.3 is 0 Å². The van der Waals surface area contributed by atoms with Crippen LogP contribution in [0, 0.1) is 5.92 Å². The number of aryl methyl sites for hydroxylation is 1. The molecular weight excluding hydrogens is 677 g/mol. The Hall–Kier alpha value is -4.38. The number of aromatic nitrogens is 6. The Kier molecular flexibility index (Phi) is 10.5. The van der Waals surface area contributed by atoms with Gasteiger partial charge in [0, 0.05) is 25.6 Å². The Balaban J connectivity index is 1.33. The van der Waals surface area contributed by atoms with Gasteiger partial charge in [0.25, 0.3) is 11.8 Å². The highest BCUT2D eigenvalue weighted by Crippen LogP contribution is 2.35. The Labute approximate surface area is 299 Å². The molecule has 274 valence electrons. The van der Waals surface area contributed by atoms with E-state index in [9.17, 15) is 29.1 Å². The minimum atomic E-state index is -1.48. The maximum atomic E-state index is 14.8. The van der Waals surface area contributed by atoms with Crippen LogP contribution in [0.4, 0.5) is 0 Å². The predicted molar refractivity (Wildman–Crippen MR) is 187 cm³/mol. The third kappa shape index (κ3) is 7.64. The first-order valence-electron chi connectivity index (χ1n) is 17.6. The number of hydrogen-bond acceptors (Lipinski definition) is 11. The largest absolute Gasteiger partial charge is 0.384 e. The average Bonchev–Trinajstić information content (AvgIpc) is 3.87. The Morgan fingerprint density at radius 2 is 1.82 bits per heavy atom. The van der Waals surface area contributed by atoms with Crippen LogP contribution in [0.25, 0.3) is 11.0 Å². The highest BCUT2D eigenvalue weighted by molar-refractivity contribution is 7.99. The lowest BCUT2D eigenvalue weighted by Gasteiger charge is -2.37. The van der Waals surface area contributed by atoms with E-state index in [-0.39, 0.29) is 31.7 Å². The predicted octanol–water partition coefficient (Wildman–Crippen LogP) is 1.13. The minimum absolute atomic E-state index is 0.0274. The van der Waals surface area contributed by atoms with Crippen LogP contribution in [0.3, 0.4) is 0 Å². The number of benzene rings is 1. The summed E-state index contributed by atoms with van der Waals surface area (Å²) in [7, 11) is 1.73. The molecule has 0 spiro atoms. The number of ketones is 1. The van der Waals surface area contributed by atoms with E-state index in [1.165, 1.54) is 15.8 Å². The summed E-state index contributed by atoms with van der Waals surface area (Å²) in [5, 5.41) is 33.1. The van der Waals surface area contributed by atoms with E-state index in [2.05, 4.69) is 31.3 Å². The van der Waals surface area contributed by atoms with Gasteiger partial charge in [-0.05, 0) is 68.7 Å². The summed E-state index contributed by atoms with van der Waals surface area (Å²) in [6, 6.07) is 2.39. The van der Waals surface area contributed by atoms with Gasteiger partial charge in [-0.15, -0.1) is 10.2 Å². The molecule has 1 unspecified atom stereocenters. The van der Waals surface area contributed by atoms with Crippen LogP contribution >= 0.6 is 11.8 Å². The number of hydrogen-bond donors (Lipinski definition) is 4. The molecule has 6 rings (SSSR count). The number of Topliss-reactive ketones (excluding diaryl/α,β-unsaturated/α-hetero) is 1. The fraction of sp³-hybridized carbons (Fsp3) is 0.618. The number of thioether (sulfide) groups is 1. The van der Waals surface area contributed by atoms with Crippen LogP contribution in [0.15, 0.2) is 24.4 Å². The summed E-state index contributed by atoms with van der Waals surface area (Å²) in [6.45, 7) is 3.22. The molecule has 0 radical (unpaired) electrons. The smallest absolute Gasteiger partial charge is 0.287 e. The number of rotatable bonds is 11. The van der Waals surface area contributed by atoms with Crippen molar-refractivity contribution in [2.75, 3.05) is 18.1 Å². The zero-order valence-corrected chi connectivity index (χ0v) is 30.0. The van der Waals surface area contributed by atoms with Crippen LogP contribution in [-0.2, 0) is 31.8 Å². The minimum Gasteiger partial charge on any atom is -0.384 e. The molecule has 5 N–H and O–H groups in total. The highest BCUT2D eigenvalue weighted by Gasteiger charge is 2.49. The first-order valence-corrected chi connectivity index (χ1v) is 18.7. The number of nitrogens with one attached hydrogen (secondary N) is 2. The summed E-state index contributed by atoms with van der Waals surface area (Å²) in [5.41, 5.74) is 4.67. The standard InChI is InChI=1S/C34H46N10O6S/c1-33(2,50)27-18-36-40-44(27)22-17-26(31(48)38-34(28(45)29(35)46)11-13-51-14-12-34)43(19-22)32(49)24(15-20-7-5-4-6-8-20)37-30(47)21-9-10-23-25(16-21)42(3)41-39-23/h9-10,16,18,20,22,24,26,50H,4-8,11-15,17,19H2,1-3H3,(H2,35,46)(H,37,47)(H,38,48)/t22-,24?,26-/m0/s1. The summed E-state index contributed by atoms with van der Waals surface area (Å²) in [5.74, 6) is -2.22. The van der Waals surface area contributed by atoms with Crippen LogP contribution in [-0.4, -0.2) is 105 Å². The number of carbonyl (C=O) groups is 5. The molecule has 3 aliphatic rings. The van der Waals surface area contributed by atoms with Crippen molar-refractivity contribution in [3.8, 4) is 0 Å². The van der Waals surface area contributed by atoms with E-state index in [0.717, 1.165) is 32.1 Å². The maximum Gasteiger partial charge on any atom is 0.287 e. The summed E-state index contributed by atoms with van der Waals surface area (Å²) in [4.78, 5) is 69.7. The first kappa shape index (κ1) is 36.4. The van der Waals surface area contributed by atoms with E-state index >= 15 is 0 Å². The van der Waals surface area contributed by atoms with E-state index < -0.39 is 58.7 Å². The number of nitrogens with two attached hydrogens (primary N) is 1. The van der Waals surface area contributed by atoms with E-state index in [1.807, 2.05) is 0 Å². The quantitative estimate of drug-likeness (QED) is 0.206. The Morgan fingerprint density at radius 3 is 2.51 bits per heavy atom. The maximum absolute atomic E-state index is 14.8. The molecule has 2 aliphatic heterocycles. The van der Waals surface area contributed by atoms with Crippen molar-refractivity contribution >= 4 is 52.2 Å². The number of likely N-dealkylation sites (tertiary alicyclic amines) is 1. The van der Waals surface area contributed by atoms with Crippen LogP contribution in [0.2, 0.25) is 0 Å². The number of nitrogens with zero attached hydrogens (tertiary/aromatic N) is 7. The zero-order valence-electron chi connectivity index (χ0n) is 29.2. The third-order valence-electron chi connectivity index (χ3n) is 10.5. The van der Waals surface area contributed by atoms with Gasteiger partial charge in [0.2, 0.25) is 17.6 Å². The van der Waals surface area contributed by atoms with Gasteiger partial charge < -0.3 is 26.4 Å². The lowest BCUT2D eigenvalue weighted by molar-refractivity contribution is -0.145. The fourth-order valence-electron chi connectivity index (χ4n) is 7.71. The molecule has 0 bridgehead atoms. The number of amides is 4. The van der Waals surface area contributed by atoms with E-state index in [0.29, 0.717) is 40.2 Å². The normalized spacial score (nSPS) is 21.7. The highest BCUT2D eigenvalue weighted by atomic mass is 32.2. The molecule has 2 saturated heterocycles. The molecule has 51 heavy (non-hydrogen) atoms. The Bertz CT molecular complexity index is 1810. The van der Waals surface area contributed by atoms with Crippen molar-refractivity contribution in [1.82, 2.24) is 45.5 Å². The van der Waals surface area contributed by atoms with Crippen LogP contribution in [0.1, 0.15) is 93.7 Å². The molecule has 4 amide bonds. The van der Waals surface area contributed by atoms with Crippen molar-refractivity contribution in [3.05, 3.63) is 35.7 Å². The van der Waals surface area contributed by atoms with Crippen molar-refractivity contribution < 1.29 is 29.1 Å². The number of carbonyl (C=O) groups excluding carboxylic acids is 5. The van der Waals surface area contributed by atoms with Crippen molar-refractivity contribution in [2.45, 2.75) is 101 Å². The molecule has 1 aromatic carbocycles. The molecule has 2 aromatic heterocycles. The van der Waals surface area contributed by atoms with Gasteiger partial charge in [-0.2, -0.15) is 11.8 Å². The van der Waals surface area contributed by atoms with Crippen LogP contribution in [0.5, 0.6) is 0 Å². The van der Waals surface area contributed by atoms with Gasteiger partial charge in [0.1, 0.15) is 28.7 Å². The number of aliphatic hydroxyl groups is 1. The molecule has 1 aliphatic carbocycles. The number of fused-ring (bicyclic) bond motifs is 1. The topological polar surface area (TPSA) is 220 Å². The lowest BCUT2D eigenvalue weighted by atomic mass is 9.84. The molecule has 1 saturated carbocycles. The molecule has 3 atom stereocenters. The van der Waals surface area contributed by atoms with Gasteiger partial charge in [-0.25, -0.2) is 9.36 Å². The first-order chi connectivity index (χ1) is 24.3. The lowest BCUT2D eigenvalue weighted by Crippen LogP contribution is -2.63. The second kappa shape index (κ2) is 14.7. The monoisotopic (exact) mass is 722 g/mol. The molecule has 3 fully saturated rings. The van der Waals surface area contributed by atoms with E-state index in [4.69, 9.17) is 5.73 Å². The molecule has 17 heteroatoms. The SMILES string of the molecule is Cn1nnc2ccc(C(=O)NC(CC3CCCCC3)C(=O)N3C[C@@H](n4nncc4C(C)(C)O)C[C@H]3C(=O)NC3(C(=O)C(N)=O)CCSCC3)cc21. The molecule has 3 aromatic rings. The average molecular weight is 723 g/mol. The summed E-state index contributed by atoms with van der Waals surface area (Å²) >= 11 is 1.61. The van der Waals surface area contributed by atoms with Crippen molar-refractivity contribution in [3.63, 3.8) is 0 Å². The second-order valence-electron chi connectivity index (χ2n) is 14.6. The van der Waals surface area contributed by atoms with Gasteiger partial charge in [0.15, 0.2) is 0 Å². The molecule has 4 heterocycles. The van der Waals surface area contributed by atoms with E-state index in [1.54, 1.807) is 55.5 Å². The van der Waals surface area contributed by atoms with Gasteiger partial charge in [-0.1, -0.05) is 42.5 Å². The summed E-state index contributed by atoms with van der Waals surface area (Å²) < 4.78 is 3.10. The molecule has 16 nitrogen and oxygen atoms in total.